The van der Waals surface area contributed by atoms with Gasteiger partial charge in [0, 0.05) is 6.07 Å². The number of ketones is 1. The molecule has 0 spiro atoms. The number of phenols is 4. The molecule has 0 atom stereocenters. The lowest BCUT2D eigenvalue weighted by Crippen LogP contribution is -2.03. The fourth-order valence-electron chi connectivity index (χ4n) is 1.76. The lowest BCUT2D eigenvalue weighted by molar-refractivity contribution is 0.103. The molecule has 98 valence electrons. The van der Waals surface area contributed by atoms with Gasteiger partial charge in [-0.25, -0.2) is 0 Å². The number of para-hydroxylation sites is 1. The second kappa shape index (κ2) is 4.53. The van der Waals surface area contributed by atoms with E-state index in [1.165, 1.54) is 6.07 Å². The summed E-state index contributed by atoms with van der Waals surface area (Å²) in [6.07, 6.45) is 0. The first-order valence-corrected chi connectivity index (χ1v) is 5.50. The fraction of sp³-hybridized carbons (Fsp3) is 0.0714. The van der Waals surface area contributed by atoms with Gasteiger partial charge in [-0.3, -0.25) is 4.79 Å². The Labute approximate surface area is 109 Å². The van der Waals surface area contributed by atoms with Crippen LogP contribution in [0.15, 0.2) is 30.3 Å². The van der Waals surface area contributed by atoms with Crippen molar-refractivity contribution in [2.75, 3.05) is 0 Å². The number of rotatable bonds is 2. The number of hydrogen-bond donors (Lipinski definition) is 4. The summed E-state index contributed by atoms with van der Waals surface area (Å²) >= 11 is 0. The molecule has 2 rings (SSSR count). The highest BCUT2D eigenvalue weighted by Gasteiger charge is 2.20. The number of aromatic hydroxyl groups is 4. The van der Waals surface area contributed by atoms with Crippen LogP contribution in [-0.2, 0) is 0 Å². The van der Waals surface area contributed by atoms with Crippen LogP contribution in [0.2, 0.25) is 0 Å². The zero-order valence-corrected chi connectivity index (χ0v) is 10.1. The van der Waals surface area contributed by atoms with E-state index in [2.05, 4.69) is 0 Å². The maximum Gasteiger partial charge on any atom is 0.200 e. The minimum atomic E-state index is -0.690. The van der Waals surface area contributed by atoms with Crippen molar-refractivity contribution in [1.82, 2.24) is 0 Å². The molecular weight excluding hydrogens is 248 g/mol. The first kappa shape index (κ1) is 12.8. The van der Waals surface area contributed by atoms with Crippen LogP contribution >= 0.6 is 0 Å². The summed E-state index contributed by atoms with van der Waals surface area (Å²) in [6.45, 7) is 1.63. The van der Waals surface area contributed by atoms with E-state index in [4.69, 9.17) is 0 Å². The molecule has 0 aliphatic rings. The third-order valence-corrected chi connectivity index (χ3v) is 2.80. The van der Waals surface area contributed by atoms with Gasteiger partial charge in [0.2, 0.25) is 5.78 Å². The minimum Gasteiger partial charge on any atom is -0.508 e. The summed E-state index contributed by atoms with van der Waals surface area (Å²) in [4.78, 5) is 12.2. The first-order valence-electron chi connectivity index (χ1n) is 5.50. The van der Waals surface area contributed by atoms with Crippen molar-refractivity contribution in [2.45, 2.75) is 6.92 Å². The topological polar surface area (TPSA) is 98.0 Å². The van der Waals surface area contributed by atoms with E-state index in [1.807, 2.05) is 0 Å². The molecule has 0 aromatic heterocycles. The third-order valence-electron chi connectivity index (χ3n) is 2.80. The molecule has 0 amide bonds. The van der Waals surface area contributed by atoms with Crippen LogP contribution in [0, 0.1) is 6.92 Å². The van der Waals surface area contributed by atoms with Crippen molar-refractivity contribution >= 4 is 5.78 Å². The molecule has 0 aliphatic heterocycles. The van der Waals surface area contributed by atoms with Crippen LogP contribution in [0.4, 0.5) is 0 Å². The Kier molecular flexibility index (Phi) is 3.04. The lowest BCUT2D eigenvalue weighted by atomic mass is 9.99. The maximum absolute atomic E-state index is 12.2. The molecule has 0 radical (unpaired) electrons. The molecule has 0 aliphatic carbocycles. The van der Waals surface area contributed by atoms with Crippen molar-refractivity contribution in [2.24, 2.45) is 0 Å². The quantitative estimate of drug-likeness (QED) is 0.376. The standard InChI is InChI=1S/C14H12O5/c1-7-3-2-4-9(12(7)17)13(18)10-5-8(15)6-11(16)14(10)19/h2-6,15-17,19H,1H3. The Morgan fingerprint density at radius 1 is 0.947 bits per heavy atom. The van der Waals surface area contributed by atoms with Crippen LogP contribution in [0.3, 0.4) is 0 Å². The molecule has 0 saturated heterocycles. The van der Waals surface area contributed by atoms with Gasteiger partial charge in [0.25, 0.3) is 0 Å². The van der Waals surface area contributed by atoms with Crippen molar-refractivity contribution in [3.05, 3.63) is 47.0 Å². The van der Waals surface area contributed by atoms with Crippen molar-refractivity contribution in [3.63, 3.8) is 0 Å². The predicted molar refractivity (Wildman–Crippen MR) is 67.7 cm³/mol. The molecule has 4 N–H and O–H groups in total. The van der Waals surface area contributed by atoms with Crippen LogP contribution in [0.25, 0.3) is 0 Å². The van der Waals surface area contributed by atoms with Crippen molar-refractivity contribution < 1.29 is 25.2 Å². The highest BCUT2D eigenvalue weighted by Crippen LogP contribution is 2.36. The van der Waals surface area contributed by atoms with E-state index in [1.54, 1.807) is 19.1 Å². The molecule has 19 heavy (non-hydrogen) atoms. The van der Waals surface area contributed by atoms with E-state index in [9.17, 15) is 25.2 Å². The molecular formula is C14H12O5. The van der Waals surface area contributed by atoms with Crippen LogP contribution in [-0.4, -0.2) is 26.2 Å². The maximum atomic E-state index is 12.2. The molecule has 0 fully saturated rings. The average Bonchev–Trinajstić information content (AvgIpc) is 2.36. The SMILES string of the molecule is Cc1cccc(C(=O)c2cc(O)cc(O)c2O)c1O. The number of carbonyl (C=O) groups excluding carboxylic acids is 1. The largest absolute Gasteiger partial charge is 0.508 e. The van der Waals surface area contributed by atoms with E-state index < -0.39 is 17.3 Å². The van der Waals surface area contributed by atoms with Gasteiger partial charge in [-0.2, -0.15) is 0 Å². The summed E-state index contributed by atoms with van der Waals surface area (Å²) in [5.74, 6) is -2.48. The summed E-state index contributed by atoms with van der Waals surface area (Å²) in [5.41, 5.74) is 0.216. The number of hydrogen-bond acceptors (Lipinski definition) is 5. The molecule has 5 heteroatoms. The van der Waals surface area contributed by atoms with Gasteiger partial charge in [0.1, 0.15) is 11.5 Å². The summed E-state index contributed by atoms with van der Waals surface area (Å²) < 4.78 is 0. The van der Waals surface area contributed by atoms with Gasteiger partial charge in [0.05, 0.1) is 11.1 Å². The van der Waals surface area contributed by atoms with Crippen LogP contribution in [0.1, 0.15) is 21.5 Å². The van der Waals surface area contributed by atoms with E-state index in [-0.39, 0.29) is 22.6 Å². The predicted octanol–water partition coefficient (Wildman–Crippen LogP) is 2.05. The van der Waals surface area contributed by atoms with E-state index in [0.717, 1.165) is 12.1 Å². The van der Waals surface area contributed by atoms with Gasteiger partial charge in [-0.05, 0) is 24.6 Å². The zero-order valence-electron chi connectivity index (χ0n) is 10.1. The second-order valence-electron chi connectivity index (χ2n) is 4.16. The van der Waals surface area contributed by atoms with Gasteiger partial charge in [-0.15, -0.1) is 0 Å². The van der Waals surface area contributed by atoms with Gasteiger partial charge < -0.3 is 20.4 Å². The summed E-state index contributed by atoms with van der Waals surface area (Å²) in [6, 6.07) is 6.56. The summed E-state index contributed by atoms with van der Waals surface area (Å²) in [7, 11) is 0. The fourth-order valence-corrected chi connectivity index (χ4v) is 1.76. The minimum absolute atomic E-state index is 0.0136. The molecule has 0 bridgehead atoms. The van der Waals surface area contributed by atoms with Crippen molar-refractivity contribution in [1.29, 1.82) is 0 Å². The van der Waals surface area contributed by atoms with Crippen LogP contribution < -0.4 is 0 Å². The second-order valence-corrected chi connectivity index (χ2v) is 4.16. The Hall–Kier alpha value is -2.69. The number of aryl methyl sites for hydroxylation is 1. The van der Waals surface area contributed by atoms with Crippen LogP contribution in [0.5, 0.6) is 23.0 Å². The third kappa shape index (κ3) is 2.18. The molecule has 0 unspecified atom stereocenters. The smallest absolute Gasteiger partial charge is 0.200 e. The highest BCUT2D eigenvalue weighted by atomic mass is 16.3. The van der Waals surface area contributed by atoms with Gasteiger partial charge in [-0.1, -0.05) is 12.1 Å². The molecule has 2 aromatic rings. The number of benzene rings is 2. The van der Waals surface area contributed by atoms with Gasteiger partial charge in [0.15, 0.2) is 11.5 Å². The number of phenolic OH excluding ortho intramolecular Hbond substituents is 4. The molecule has 2 aromatic carbocycles. The molecule has 0 saturated carbocycles. The Balaban J connectivity index is 2.60. The molecule has 5 nitrogen and oxygen atoms in total. The first-order chi connectivity index (χ1) is 8.91. The molecule has 0 heterocycles. The van der Waals surface area contributed by atoms with E-state index in [0.29, 0.717) is 5.56 Å². The highest BCUT2D eigenvalue weighted by molar-refractivity contribution is 6.13. The average molecular weight is 260 g/mol. The van der Waals surface area contributed by atoms with Gasteiger partial charge >= 0.3 is 0 Å². The Morgan fingerprint density at radius 2 is 1.63 bits per heavy atom. The van der Waals surface area contributed by atoms with Crippen molar-refractivity contribution in [3.8, 4) is 23.0 Å². The Bertz CT molecular complexity index is 661. The Morgan fingerprint density at radius 3 is 2.32 bits per heavy atom. The normalized spacial score (nSPS) is 10.4. The monoisotopic (exact) mass is 260 g/mol. The summed E-state index contributed by atoms with van der Waals surface area (Å²) in [5, 5.41) is 38.2. The number of carbonyl (C=O) groups is 1. The van der Waals surface area contributed by atoms with E-state index >= 15 is 0 Å². The zero-order chi connectivity index (χ0) is 14.2. The lowest BCUT2D eigenvalue weighted by Gasteiger charge is -2.09.